The molecule has 1 aliphatic heterocycles. The Morgan fingerprint density at radius 1 is 1.14 bits per heavy atom. The lowest BCUT2D eigenvalue weighted by molar-refractivity contribution is 0.0622. The van der Waals surface area contributed by atoms with Gasteiger partial charge in [-0.2, -0.15) is 0 Å². The topological polar surface area (TPSA) is 62.2 Å². The van der Waals surface area contributed by atoms with Gasteiger partial charge in [-0.15, -0.1) is 0 Å². The molecular weight excluding hydrogens is 278 g/mol. The van der Waals surface area contributed by atoms with Gasteiger partial charge in [0, 0.05) is 51.3 Å². The maximum absolute atomic E-state index is 12.4. The molecule has 0 bridgehead atoms. The summed E-state index contributed by atoms with van der Waals surface area (Å²) in [6.45, 7) is 5.89. The number of aryl methyl sites for hydroxylation is 1. The summed E-state index contributed by atoms with van der Waals surface area (Å²) < 4.78 is 0. The monoisotopic (exact) mass is 297 g/mol. The van der Waals surface area contributed by atoms with E-state index >= 15 is 0 Å². The van der Waals surface area contributed by atoms with E-state index in [9.17, 15) is 4.79 Å². The molecule has 0 N–H and O–H groups in total. The number of pyridine rings is 1. The lowest BCUT2D eigenvalue weighted by Gasteiger charge is -2.34. The summed E-state index contributed by atoms with van der Waals surface area (Å²) in [6, 6.07) is 4.03. The zero-order valence-electron chi connectivity index (χ0n) is 12.6. The minimum Gasteiger partial charge on any atom is -0.335 e. The largest absolute Gasteiger partial charge is 0.335 e. The average Bonchev–Trinajstić information content (AvgIpc) is 2.57. The molecule has 0 radical (unpaired) electrons. The van der Waals surface area contributed by atoms with Crippen molar-refractivity contribution in [3.05, 3.63) is 53.9 Å². The lowest BCUT2D eigenvalue weighted by Crippen LogP contribution is -2.48. The van der Waals surface area contributed by atoms with Gasteiger partial charge in [0.2, 0.25) is 0 Å². The second-order valence-electron chi connectivity index (χ2n) is 5.47. The number of hydrogen-bond donors (Lipinski definition) is 0. The molecule has 0 saturated carbocycles. The maximum atomic E-state index is 12.4. The number of amides is 1. The van der Waals surface area contributed by atoms with E-state index in [1.165, 1.54) is 5.56 Å². The first kappa shape index (κ1) is 14.6. The second kappa shape index (κ2) is 6.62. The highest BCUT2D eigenvalue weighted by Gasteiger charge is 2.23. The molecule has 1 fully saturated rings. The van der Waals surface area contributed by atoms with Crippen molar-refractivity contribution in [1.82, 2.24) is 24.8 Å². The van der Waals surface area contributed by atoms with Crippen molar-refractivity contribution < 1.29 is 4.79 Å². The molecule has 6 heteroatoms. The van der Waals surface area contributed by atoms with Crippen molar-refractivity contribution in [3.8, 4) is 0 Å². The molecule has 3 rings (SSSR count). The summed E-state index contributed by atoms with van der Waals surface area (Å²) in [6.07, 6.45) is 6.85. The quantitative estimate of drug-likeness (QED) is 0.850. The number of piperazine rings is 1. The summed E-state index contributed by atoms with van der Waals surface area (Å²) in [7, 11) is 0. The van der Waals surface area contributed by atoms with Crippen LogP contribution in [0.15, 0.2) is 36.9 Å². The molecule has 1 aliphatic rings. The van der Waals surface area contributed by atoms with Gasteiger partial charge in [-0.1, -0.05) is 6.07 Å². The Morgan fingerprint density at radius 3 is 2.59 bits per heavy atom. The standard InChI is InChI=1S/C16H19N5O/c1-13-9-19-15(11-18-13)16(22)21-7-5-20(6-8-21)12-14-3-2-4-17-10-14/h2-4,9-11H,5-8,12H2,1H3. The van der Waals surface area contributed by atoms with Crippen molar-refractivity contribution in [2.75, 3.05) is 26.2 Å². The molecule has 114 valence electrons. The van der Waals surface area contributed by atoms with Crippen LogP contribution < -0.4 is 0 Å². The van der Waals surface area contributed by atoms with Crippen LogP contribution in [0.3, 0.4) is 0 Å². The van der Waals surface area contributed by atoms with Crippen molar-refractivity contribution in [1.29, 1.82) is 0 Å². The molecule has 0 unspecified atom stereocenters. The fourth-order valence-corrected chi connectivity index (χ4v) is 2.52. The molecule has 6 nitrogen and oxygen atoms in total. The zero-order chi connectivity index (χ0) is 15.4. The molecule has 22 heavy (non-hydrogen) atoms. The third-order valence-electron chi connectivity index (χ3n) is 3.79. The molecule has 1 saturated heterocycles. The Kier molecular flexibility index (Phi) is 4.39. The van der Waals surface area contributed by atoms with Crippen molar-refractivity contribution in [2.24, 2.45) is 0 Å². The second-order valence-corrected chi connectivity index (χ2v) is 5.47. The summed E-state index contributed by atoms with van der Waals surface area (Å²) in [5.41, 5.74) is 2.44. The van der Waals surface area contributed by atoms with Gasteiger partial charge in [-0.25, -0.2) is 4.98 Å². The van der Waals surface area contributed by atoms with Gasteiger partial charge in [0.25, 0.3) is 5.91 Å². The molecule has 2 aromatic rings. The van der Waals surface area contributed by atoms with E-state index < -0.39 is 0 Å². The molecule has 3 heterocycles. The Labute approximate surface area is 129 Å². The van der Waals surface area contributed by atoms with Crippen molar-refractivity contribution >= 4 is 5.91 Å². The summed E-state index contributed by atoms with van der Waals surface area (Å²) in [5.74, 6) is -0.0338. The number of hydrogen-bond acceptors (Lipinski definition) is 5. The average molecular weight is 297 g/mol. The van der Waals surface area contributed by atoms with Crippen LogP contribution in [0.1, 0.15) is 21.7 Å². The Hall–Kier alpha value is -2.34. The third kappa shape index (κ3) is 3.46. The Bertz CT molecular complexity index is 621. The predicted molar refractivity (Wildman–Crippen MR) is 82.2 cm³/mol. The van der Waals surface area contributed by atoms with E-state index in [0.717, 1.165) is 25.3 Å². The number of carbonyl (C=O) groups is 1. The van der Waals surface area contributed by atoms with Crippen molar-refractivity contribution in [2.45, 2.75) is 13.5 Å². The van der Waals surface area contributed by atoms with Crippen LogP contribution >= 0.6 is 0 Å². The van der Waals surface area contributed by atoms with Crippen LogP contribution in [0.4, 0.5) is 0 Å². The van der Waals surface area contributed by atoms with Gasteiger partial charge < -0.3 is 4.90 Å². The lowest BCUT2D eigenvalue weighted by atomic mass is 10.2. The molecule has 0 aliphatic carbocycles. The first-order valence-corrected chi connectivity index (χ1v) is 7.41. The highest BCUT2D eigenvalue weighted by atomic mass is 16.2. The first-order valence-electron chi connectivity index (χ1n) is 7.41. The summed E-state index contributed by atoms with van der Waals surface area (Å²) in [4.78, 5) is 29.0. The summed E-state index contributed by atoms with van der Waals surface area (Å²) >= 11 is 0. The normalized spacial score (nSPS) is 15.8. The van der Waals surface area contributed by atoms with Gasteiger partial charge in [0.05, 0.1) is 11.9 Å². The van der Waals surface area contributed by atoms with Crippen molar-refractivity contribution in [3.63, 3.8) is 0 Å². The number of nitrogens with zero attached hydrogens (tertiary/aromatic N) is 5. The van der Waals surface area contributed by atoms with Gasteiger partial charge in [0.1, 0.15) is 5.69 Å². The smallest absolute Gasteiger partial charge is 0.274 e. The minimum atomic E-state index is -0.0338. The van der Waals surface area contributed by atoms with Gasteiger partial charge in [-0.3, -0.25) is 19.7 Å². The van der Waals surface area contributed by atoms with E-state index in [4.69, 9.17) is 0 Å². The van der Waals surface area contributed by atoms with E-state index in [-0.39, 0.29) is 5.91 Å². The molecule has 0 atom stereocenters. The van der Waals surface area contributed by atoms with E-state index in [0.29, 0.717) is 18.8 Å². The molecule has 0 spiro atoms. The number of rotatable bonds is 3. The van der Waals surface area contributed by atoms with Gasteiger partial charge >= 0.3 is 0 Å². The molecular formula is C16H19N5O. The van der Waals surface area contributed by atoms with Crippen LogP contribution in [0.5, 0.6) is 0 Å². The number of aromatic nitrogens is 3. The fourth-order valence-electron chi connectivity index (χ4n) is 2.52. The molecule has 2 aromatic heterocycles. The molecule has 1 amide bonds. The van der Waals surface area contributed by atoms with Crippen LogP contribution in [0.25, 0.3) is 0 Å². The Balaban J connectivity index is 1.55. The van der Waals surface area contributed by atoms with Gasteiger partial charge in [0.15, 0.2) is 0 Å². The predicted octanol–water partition coefficient (Wildman–Crippen LogP) is 1.14. The highest BCUT2D eigenvalue weighted by Crippen LogP contribution is 2.10. The SMILES string of the molecule is Cc1cnc(C(=O)N2CCN(Cc3cccnc3)CC2)cn1. The van der Waals surface area contributed by atoms with E-state index in [2.05, 4.69) is 25.9 Å². The number of carbonyl (C=O) groups excluding carboxylic acids is 1. The van der Waals surface area contributed by atoms with E-state index in [1.54, 1.807) is 18.6 Å². The van der Waals surface area contributed by atoms with Gasteiger partial charge in [-0.05, 0) is 18.6 Å². The molecule has 0 aromatic carbocycles. The third-order valence-corrected chi connectivity index (χ3v) is 3.79. The first-order chi connectivity index (χ1) is 10.7. The van der Waals surface area contributed by atoms with Crippen LogP contribution in [0, 0.1) is 6.92 Å². The minimum absolute atomic E-state index is 0.0338. The highest BCUT2D eigenvalue weighted by molar-refractivity contribution is 5.92. The fraction of sp³-hybridized carbons (Fsp3) is 0.375. The van der Waals surface area contributed by atoms with Crippen LogP contribution in [-0.4, -0.2) is 56.8 Å². The summed E-state index contributed by atoms with van der Waals surface area (Å²) in [5, 5.41) is 0. The van der Waals surface area contributed by atoms with Crippen LogP contribution in [0.2, 0.25) is 0 Å². The van der Waals surface area contributed by atoms with Crippen LogP contribution in [-0.2, 0) is 6.54 Å². The van der Waals surface area contributed by atoms with E-state index in [1.807, 2.05) is 24.1 Å². The Morgan fingerprint density at radius 2 is 1.95 bits per heavy atom. The maximum Gasteiger partial charge on any atom is 0.274 e. The zero-order valence-corrected chi connectivity index (χ0v) is 12.6.